The minimum atomic E-state index is 0.0320. The van der Waals surface area contributed by atoms with Gasteiger partial charge in [-0.05, 0) is 13.0 Å². The molecule has 0 aromatic carbocycles. The second kappa shape index (κ2) is 6.92. The molecule has 0 N–H and O–H groups in total. The monoisotopic (exact) mass is 380 g/mol. The Morgan fingerprint density at radius 3 is 2.21 bits per heavy atom. The molecule has 0 aliphatic carbocycles. The van der Waals surface area contributed by atoms with Gasteiger partial charge in [0, 0.05) is 23.6 Å². The molecule has 4 aromatic heterocycles. The fraction of sp³-hybridized carbons (Fsp3) is 0.500. The first-order valence-electron chi connectivity index (χ1n) is 9.29. The van der Waals surface area contributed by atoms with Gasteiger partial charge >= 0.3 is 0 Å². The molecule has 0 atom stereocenters. The molecule has 8 heteroatoms. The van der Waals surface area contributed by atoms with Gasteiger partial charge in [0.25, 0.3) is 5.78 Å². The largest absolute Gasteiger partial charge is 0.252 e. The minimum Gasteiger partial charge on any atom is -0.250 e. The molecule has 0 saturated heterocycles. The van der Waals surface area contributed by atoms with Crippen LogP contribution in [0.2, 0.25) is 0 Å². The zero-order valence-corrected chi connectivity index (χ0v) is 17.9. The molecule has 0 amide bonds. The summed E-state index contributed by atoms with van der Waals surface area (Å²) in [6.45, 7) is 14.9. The van der Waals surface area contributed by atoms with Gasteiger partial charge in [-0.1, -0.05) is 41.5 Å². The molecule has 0 aliphatic heterocycles. The van der Waals surface area contributed by atoms with Gasteiger partial charge in [-0.2, -0.15) is 15.2 Å². The van der Waals surface area contributed by atoms with Gasteiger partial charge in [0.1, 0.15) is 12.7 Å². The number of nitrogens with zero attached hydrogens (tertiary/aromatic N) is 8. The number of rotatable bonds is 0. The summed E-state index contributed by atoms with van der Waals surface area (Å²) in [7, 11) is 1.89. The fourth-order valence-corrected chi connectivity index (χ4v) is 3.02. The van der Waals surface area contributed by atoms with Crippen LogP contribution in [-0.4, -0.2) is 39.3 Å². The maximum Gasteiger partial charge on any atom is 0.252 e. The fourth-order valence-electron chi connectivity index (χ4n) is 3.02. The molecule has 148 valence electrons. The van der Waals surface area contributed by atoms with Crippen molar-refractivity contribution in [1.29, 1.82) is 0 Å². The van der Waals surface area contributed by atoms with E-state index in [4.69, 9.17) is 0 Å². The molecule has 0 saturated carbocycles. The first-order chi connectivity index (χ1) is 13.0. The van der Waals surface area contributed by atoms with E-state index in [2.05, 4.69) is 77.7 Å². The Kier molecular flexibility index (Phi) is 4.91. The highest BCUT2D eigenvalue weighted by molar-refractivity contribution is 5.77. The highest BCUT2D eigenvalue weighted by Crippen LogP contribution is 2.26. The van der Waals surface area contributed by atoms with E-state index in [1.54, 1.807) is 15.5 Å². The predicted molar refractivity (Wildman–Crippen MR) is 109 cm³/mol. The topological polar surface area (TPSA) is 86.7 Å². The van der Waals surface area contributed by atoms with Crippen molar-refractivity contribution < 1.29 is 0 Å². The van der Waals surface area contributed by atoms with Crippen molar-refractivity contribution in [3.05, 3.63) is 42.0 Å². The minimum absolute atomic E-state index is 0.0320. The first-order valence-corrected chi connectivity index (χ1v) is 9.29. The molecule has 0 spiro atoms. The Hall–Kier alpha value is -2.90. The van der Waals surface area contributed by atoms with Gasteiger partial charge < -0.3 is 0 Å². The average Bonchev–Trinajstić information content (AvgIpc) is 3.19. The smallest absolute Gasteiger partial charge is 0.250 e. The van der Waals surface area contributed by atoms with Gasteiger partial charge in [0.2, 0.25) is 0 Å². The molecular weight excluding hydrogens is 352 g/mol. The van der Waals surface area contributed by atoms with Crippen LogP contribution < -0.4 is 0 Å². The maximum absolute atomic E-state index is 4.33. The molecule has 4 rings (SSSR count). The van der Waals surface area contributed by atoms with E-state index in [0.29, 0.717) is 5.78 Å². The Labute approximate surface area is 165 Å². The van der Waals surface area contributed by atoms with Crippen LogP contribution in [0.5, 0.6) is 0 Å². The zero-order valence-electron chi connectivity index (χ0n) is 17.9. The zero-order chi connectivity index (χ0) is 20.7. The van der Waals surface area contributed by atoms with Gasteiger partial charge in [-0.25, -0.2) is 19.5 Å². The van der Waals surface area contributed by atoms with Gasteiger partial charge in [-0.15, -0.1) is 0 Å². The van der Waals surface area contributed by atoms with Crippen molar-refractivity contribution in [2.24, 2.45) is 7.05 Å². The number of hydrogen-bond donors (Lipinski definition) is 0. The van der Waals surface area contributed by atoms with Crippen LogP contribution in [-0.2, 0) is 17.9 Å². The Morgan fingerprint density at radius 1 is 0.857 bits per heavy atom. The summed E-state index contributed by atoms with van der Waals surface area (Å²) in [5.74, 6) is 0.676. The van der Waals surface area contributed by atoms with Crippen LogP contribution >= 0.6 is 0 Å². The van der Waals surface area contributed by atoms with Crippen molar-refractivity contribution in [1.82, 2.24) is 39.3 Å². The summed E-state index contributed by atoms with van der Waals surface area (Å²) in [6.07, 6.45) is 4.97. The van der Waals surface area contributed by atoms with E-state index < -0.39 is 0 Å². The average molecular weight is 381 g/mol. The van der Waals surface area contributed by atoms with Crippen molar-refractivity contribution in [3.63, 3.8) is 0 Å². The van der Waals surface area contributed by atoms with E-state index in [9.17, 15) is 0 Å². The maximum atomic E-state index is 4.33. The normalized spacial score (nSPS) is 12.3. The van der Waals surface area contributed by atoms with E-state index in [1.807, 2.05) is 20.2 Å². The third-order valence-electron chi connectivity index (χ3n) is 4.39. The van der Waals surface area contributed by atoms with Crippen LogP contribution in [0.25, 0.3) is 16.8 Å². The summed E-state index contributed by atoms with van der Waals surface area (Å²) in [6, 6.07) is 2.06. The SMILES string of the molecule is Cc1cc(C(C)(C)C)n2ncnc2n1.Cn1ncc2c(C(C)(C)C)ncnc21. The molecule has 0 bridgehead atoms. The van der Waals surface area contributed by atoms with Crippen LogP contribution in [0, 0.1) is 6.92 Å². The molecule has 4 heterocycles. The van der Waals surface area contributed by atoms with E-state index >= 15 is 0 Å². The Balaban J connectivity index is 0.000000161. The summed E-state index contributed by atoms with van der Waals surface area (Å²) >= 11 is 0. The molecular formula is C20H28N8. The lowest BCUT2D eigenvalue weighted by atomic mass is 9.90. The summed E-state index contributed by atoms with van der Waals surface area (Å²) in [5.41, 5.74) is 4.15. The predicted octanol–water partition coefficient (Wildman–Crippen LogP) is 3.39. The molecule has 28 heavy (non-hydrogen) atoms. The van der Waals surface area contributed by atoms with Crippen molar-refractivity contribution >= 4 is 16.8 Å². The number of aryl methyl sites for hydroxylation is 2. The first kappa shape index (κ1) is 19.9. The van der Waals surface area contributed by atoms with Gasteiger partial charge in [-0.3, -0.25) is 4.68 Å². The Morgan fingerprint density at radius 2 is 1.57 bits per heavy atom. The second-order valence-electron chi connectivity index (χ2n) is 8.98. The second-order valence-corrected chi connectivity index (χ2v) is 8.98. The lowest BCUT2D eigenvalue weighted by Crippen LogP contribution is -2.18. The highest BCUT2D eigenvalue weighted by atomic mass is 15.3. The van der Waals surface area contributed by atoms with Gasteiger partial charge in [0.05, 0.1) is 23.0 Å². The lowest BCUT2D eigenvalue weighted by Gasteiger charge is -2.19. The highest BCUT2D eigenvalue weighted by Gasteiger charge is 2.20. The third kappa shape index (κ3) is 3.85. The molecule has 0 unspecified atom stereocenters. The van der Waals surface area contributed by atoms with E-state index in [1.165, 1.54) is 6.33 Å². The van der Waals surface area contributed by atoms with Crippen LogP contribution in [0.15, 0.2) is 24.9 Å². The van der Waals surface area contributed by atoms with Crippen molar-refractivity contribution in [2.75, 3.05) is 0 Å². The van der Waals surface area contributed by atoms with Gasteiger partial charge in [0.15, 0.2) is 5.65 Å². The lowest BCUT2D eigenvalue weighted by molar-refractivity contribution is 0.545. The number of hydrogen-bond acceptors (Lipinski definition) is 6. The summed E-state index contributed by atoms with van der Waals surface area (Å²) < 4.78 is 3.57. The summed E-state index contributed by atoms with van der Waals surface area (Å²) in [4.78, 5) is 16.9. The molecule has 4 aromatic rings. The van der Waals surface area contributed by atoms with E-state index in [0.717, 1.165) is 28.1 Å². The standard InChI is InChI=1S/2C10H14N4/c1-10(2,3)8-7-5-13-14(4)9(7)12-6-11-8;1-7-5-8(10(2,3)4)14-9(13-7)11-6-12-14/h2*5-6H,1-4H3. The molecule has 0 radical (unpaired) electrons. The van der Waals surface area contributed by atoms with Crippen LogP contribution in [0.3, 0.4) is 0 Å². The van der Waals surface area contributed by atoms with E-state index in [-0.39, 0.29) is 10.8 Å². The summed E-state index contributed by atoms with van der Waals surface area (Å²) in [5, 5.41) is 9.40. The van der Waals surface area contributed by atoms with Crippen LogP contribution in [0.4, 0.5) is 0 Å². The number of fused-ring (bicyclic) bond motifs is 2. The quantitative estimate of drug-likeness (QED) is 0.465. The van der Waals surface area contributed by atoms with Crippen molar-refractivity contribution in [2.45, 2.75) is 59.3 Å². The molecule has 0 fully saturated rings. The van der Waals surface area contributed by atoms with Crippen molar-refractivity contribution in [3.8, 4) is 0 Å². The molecule has 0 aliphatic rings. The van der Waals surface area contributed by atoms with Crippen LogP contribution in [0.1, 0.15) is 58.6 Å². The molecule has 8 nitrogen and oxygen atoms in total. The number of aromatic nitrogens is 8. The third-order valence-corrected chi connectivity index (χ3v) is 4.39. The Bertz CT molecular complexity index is 1110.